The Hall–Kier alpha value is -1.49. The molecule has 20 heavy (non-hydrogen) atoms. The van der Waals surface area contributed by atoms with E-state index in [4.69, 9.17) is 16.3 Å². The maximum Gasteiger partial charge on any atom is 0.317 e. The Kier molecular flexibility index (Phi) is 4.38. The largest absolute Gasteiger partial charge is 0.487 e. The second-order valence-corrected chi connectivity index (χ2v) is 6.37. The summed E-state index contributed by atoms with van der Waals surface area (Å²) in [7, 11) is 0. The van der Waals surface area contributed by atoms with Crippen molar-refractivity contribution in [3.63, 3.8) is 0 Å². The number of nitrogens with one attached hydrogen (secondary N) is 1. The second kappa shape index (κ2) is 5.87. The number of likely N-dealkylation sites (tertiary alicyclic amines) is 1. The normalized spacial score (nSPS) is 19.0. The molecule has 0 aliphatic carbocycles. The number of amides is 2. The lowest BCUT2D eigenvalue weighted by molar-refractivity contribution is 0.181. The summed E-state index contributed by atoms with van der Waals surface area (Å²) in [6.45, 7) is 7.15. The molecule has 0 spiro atoms. The van der Waals surface area contributed by atoms with Gasteiger partial charge < -0.3 is 15.0 Å². The number of nitrogens with zero attached hydrogens (tertiary/aromatic N) is 2. The average Bonchev–Trinajstić information content (AvgIpc) is 2.79. The van der Waals surface area contributed by atoms with Crippen LogP contribution in [0.15, 0.2) is 18.5 Å². The summed E-state index contributed by atoms with van der Waals surface area (Å²) in [6.07, 6.45) is 3.97. The second-order valence-electron chi connectivity index (χ2n) is 5.96. The molecule has 2 rings (SSSR count). The number of halogens is 1. The monoisotopic (exact) mass is 297 g/mol. The fraction of sp³-hybridized carbons (Fsp3) is 0.571. The summed E-state index contributed by atoms with van der Waals surface area (Å²) in [4.78, 5) is 17.7. The van der Waals surface area contributed by atoms with Crippen LogP contribution in [-0.2, 0) is 0 Å². The van der Waals surface area contributed by atoms with Gasteiger partial charge in [-0.25, -0.2) is 4.79 Å². The molecule has 1 aromatic heterocycles. The quantitative estimate of drug-likeness (QED) is 0.913. The smallest absolute Gasteiger partial charge is 0.317 e. The molecule has 1 fully saturated rings. The molecule has 1 aliphatic rings. The third-order valence-corrected chi connectivity index (χ3v) is 3.23. The van der Waals surface area contributed by atoms with Crippen LogP contribution in [0, 0.1) is 0 Å². The third-order valence-electron chi connectivity index (χ3n) is 2.94. The minimum atomic E-state index is -0.232. The number of rotatable bonds is 2. The molecule has 2 amide bonds. The zero-order chi connectivity index (χ0) is 14.8. The number of pyridine rings is 1. The van der Waals surface area contributed by atoms with Gasteiger partial charge in [0.1, 0.15) is 16.9 Å². The fourth-order valence-corrected chi connectivity index (χ4v) is 2.21. The SMILES string of the molecule is CC(C)(C)NC(=O)N1CC[C@H](Oc2ccncc2Cl)C1. The number of ether oxygens (including phenoxy) is 1. The first-order chi connectivity index (χ1) is 9.35. The molecule has 0 saturated carbocycles. The van der Waals surface area contributed by atoms with E-state index in [-0.39, 0.29) is 17.7 Å². The van der Waals surface area contributed by atoms with E-state index in [1.807, 2.05) is 20.8 Å². The summed E-state index contributed by atoms with van der Waals surface area (Å²) in [6, 6.07) is 1.68. The van der Waals surface area contributed by atoms with Crippen LogP contribution in [-0.4, -0.2) is 40.6 Å². The molecular formula is C14H20ClN3O2. The molecule has 0 aromatic carbocycles. The highest BCUT2D eigenvalue weighted by atomic mass is 35.5. The van der Waals surface area contributed by atoms with Gasteiger partial charge in [-0.2, -0.15) is 0 Å². The van der Waals surface area contributed by atoms with E-state index in [1.165, 1.54) is 0 Å². The van der Waals surface area contributed by atoms with Gasteiger partial charge in [0.05, 0.1) is 6.54 Å². The summed E-state index contributed by atoms with van der Waals surface area (Å²) < 4.78 is 5.82. The van der Waals surface area contributed by atoms with Crippen molar-refractivity contribution in [2.75, 3.05) is 13.1 Å². The van der Waals surface area contributed by atoms with Crippen LogP contribution in [0.2, 0.25) is 5.02 Å². The van der Waals surface area contributed by atoms with Crippen molar-refractivity contribution < 1.29 is 9.53 Å². The van der Waals surface area contributed by atoms with Crippen LogP contribution in [0.3, 0.4) is 0 Å². The van der Waals surface area contributed by atoms with Gasteiger partial charge in [-0.15, -0.1) is 0 Å². The van der Waals surface area contributed by atoms with Crippen LogP contribution >= 0.6 is 11.6 Å². The molecule has 1 N–H and O–H groups in total. The van der Waals surface area contributed by atoms with Gasteiger partial charge in [0.2, 0.25) is 0 Å². The third kappa shape index (κ3) is 4.00. The molecule has 1 aromatic rings. The molecule has 0 bridgehead atoms. The van der Waals surface area contributed by atoms with E-state index in [9.17, 15) is 4.79 Å². The number of aromatic nitrogens is 1. The number of hydrogen-bond donors (Lipinski definition) is 1. The van der Waals surface area contributed by atoms with Crippen LogP contribution in [0.4, 0.5) is 4.79 Å². The zero-order valence-corrected chi connectivity index (χ0v) is 12.8. The van der Waals surface area contributed by atoms with E-state index in [0.717, 1.165) is 6.42 Å². The van der Waals surface area contributed by atoms with Gasteiger partial charge in [0, 0.05) is 37.0 Å². The standard InChI is InChI=1S/C14H20ClN3O2/c1-14(2,3)17-13(19)18-7-5-10(9-18)20-12-4-6-16-8-11(12)15/h4,6,8,10H,5,7,9H2,1-3H3,(H,17,19)/t10-/m0/s1. The highest BCUT2D eigenvalue weighted by molar-refractivity contribution is 6.31. The van der Waals surface area contributed by atoms with Gasteiger partial charge in [0.15, 0.2) is 0 Å². The van der Waals surface area contributed by atoms with E-state index in [2.05, 4.69) is 10.3 Å². The number of carbonyl (C=O) groups excluding carboxylic acids is 1. The number of carbonyl (C=O) groups is 1. The van der Waals surface area contributed by atoms with Crippen molar-refractivity contribution in [3.8, 4) is 5.75 Å². The molecule has 2 heterocycles. The predicted molar refractivity (Wildman–Crippen MR) is 78.1 cm³/mol. The lowest BCUT2D eigenvalue weighted by Gasteiger charge is -2.25. The number of urea groups is 1. The molecule has 1 atom stereocenters. The van der Waals surface area contributed by atoms with Gasteiger partial charge in [-0.1, -0.05) is 11.6 Å². The van der Waals surface area contributed by atoms with Crippen molar-refractivity contribution in [1.29, 1.82) is 0 Å². The van der Waals surface area contributed by atoms with Gasteiger partial charge in [-0.3, -0.25) is 4.98 Å². The van der Waals surface area contributed by atoms with E-state index in [0.29, 0.717) is 23.9 Å². The molecule has 0 radical (unpaired) electrons. The van der Waals surface area contributed by atoms with E-state index < -0.39 is 0 Å². The first-order valence-electron chi connectivity index (χ1n) is 6.68. The van der Waals surface area contributed by atoms with Crippen molar-refractivity contribution in [1.82, 2.24) is 15.2 Å². The highest BCUT2D eigenvalue weighted by Gasteiger charge is 2.29. The molecule has 1 saturated heterocycles. The van der Waals surface area contributed by atoms with Crippen LogP contribution in [0.1, 0.15) is 27.2 Å². The Morgan fingerprint density at radius 2 is 2.30 bits per heavy atom. The Morgan fingerprint density at radius 3 is 2.95 bits per heavy atom. The molecule has 6 heteroatoms. The summed E-state index contributed by atoms with van der Waals surface area (Å²) >= 11 is 6.01. The van der Waals surface area contributed by atoms with E-state index in [1.54, 1.807) is 23.4 Å². The Balaban J connectivity index is 1.90. The van der Waals surface area contributed by atoms with Crippen LogP contribution < -0.4 is 10.1 Å². The summed E-state index contributed by atoms with van der Waals surface area (Å²) in [5, 5.41) is 3.44. The summed E-state index contributed by atoms with van der Waals surface area (Å²) in [5.74, 6) is 0.616. The Labute approximate surface area is 124 Å². The maximum absolute atomic E-state index is 12.0. The lowest BCUT2D eigenvalue weighted by atomic mass is 10.1. The predicted octanol–water partition coefficient (Wildman–Crippen LogP) is 2.70. The molecule has 5 nitrogen and oxygen atoms in total. The van der Waals surface area contributed by atoms with Gasteiger partial charge in [0.25, 0.3) is 0 Å². The van der Waals surface area contributed by atoms with E-state index >= 15 is 0 Å². The molecule has 1 aliphatic heterocycles. The van der Waals surface area contributed by atoms with Crippen molar-refractivity contribution in [2.45, 2.75) is 38.8 Å². The van der Waals surface area contributed by atoms with Gasteiger partial charge in [-0.05, 0) is 20.8 Å². The van der Waals surface area contributed by atoms with Crippen molar-refractivity contribution in [2.24, 2.45) is 0 Å². The lowest BCUT2D eigenvalue weighted by Crippen LogP contribution is -2.48. The van der Waals surface area contributed by atoms with Crippen LogP contribution in [0.25, 0.3) is 0 Å². The number of hydrogen-bond acceptors (Lipinski definition) is 3. The molecule has 0 unspecified atom stereocenters. The average molecular weight is 298 g/mol. The minimum Gasteiger partial charge on any atom is -0.487 e. The zero-order valence-electron chi connectivity index (χ0n) is 12.0. The molecule has 110 valence electrons. The van der Waals surface area contributed by atoms with Crippen molar-refractivity contribution >= 4 is 17.6 Å². The van der Waals surface area contributed by atoms with Crippen LogP contribution in [0.5, 0.6) is 5.75 Å². The first-order valence-corrected chi connectivity index (χ1v) is 7.06. The summed E-state index contributed by atoms with van der Waals surface area (Å²) in [5.41, 5.74) is -0.232. The fourth-order valence-electron chi connectivity index (χ4n) is 2.05. The van der Waals surface area contributed by atoms with Crippen molar-refractivity contribution in [3.05, 3.63) is 23.5 Å². The Morgan fingerprint density at radius 1 is 1.55 bits per heavy atom. The highest BCUT2D eigenvalue weighted by Crippen LogP contribution is 2.25. The van der Waals surface area contributed by atoms with Gasteiger partial charge >= 0.3 is 6.03 Å². The Bertz CT molecular complexity index is 488. The maximum atomic E-state index is 12.0. The molecular weight excluding hydrogens is 278 g/mol. The minimum absolute atomic E-state index is 0.0272. The topological polar surface area (TPSA) is 54.5 Å². The first kappa shape index (κ1) is 14.9.